The number of rotatable bonds is 4. The minimum Gasteiger partial charge on any atom is -0.371 e. The van der Waals surface area contributed by atoms with Crippen molar-refractivity contribution < 1.29 is 19.1 Å². The highest BCUT2D eigenvalue weighted by atomic mass is 16.6. The van der Waals surface area contributed by atoms with E-state index >= 15 is 0 Å². The lowest BCUT2D eigenvalue weighted by Gasteiger charge is -2.18. The van der Waals surface area contributed by atoms with Crippen LogP contribution in [0.25, 0.3) is 0 Å². The van der Waals surface area contributed by atoms with Crippen LogP contribution in [-0.4, -0.2) is 54.3 Å². The van der Waals surface area contributed by atoms with Gasteiger partial charge in [-0.25, -0.2) is 0 Å². The number of amides is 2. The van der Waals surface area contributed by atoms with Gasteiger partial charge >= 0.3 is 0 Å². The Hall–Kier alpha value is -1.86. The Labute approximate surface area is 127 Å². The van der Waals surface area contributed by atoms with E-state index in [1.165, 1.54) is 0 Å². The maximum Gasteiger partial charge on any atom is 0.253 e. The summed E-state index contributed by atoms with van der Waals surface area (Å²) in [6.07, 6.45) is 4.93. The van der Waals surface area contributed by atoms with Crippen LogP contribution in [-0.2, 0) is 14.3 Å². The van der Waals surface area contributed by atoms with Crippen molar-refractivity contribution >= 4 is 11.8 Å². The lowest BCUT2D eigenvalue weighted by Crippen LogP contribution is -2.47. The van der Waals surface area contributed by atoms with E-state index in [0.29, 0.717) is 18.8 Å². The summed E-state index contributed by atoms with van der Waals surface area (Å²) in [5.41, 5.74) is 0.583. The second-order valence-corrected chi connectivity index (χ2v) is 6.16. The fourth-order valence-electron chi connectivity index (χ4n) is 3.11. The van der Waals surface area contributed by atoms with Gasteiger partial charge in [0.2, 0.25) is 5.91 Å². The first-order valence-corrected chi connectivity index (χ1v) is 7.69. The lowest BCUT2D eigenvalue weighted by atomic mass is 10.1. The van der Waals surface area contributed by atoms with Gasteiger partial charge in [-0.3, -0.25) is 9.59 Å². The minimum absolute atomic E-state index is 0.0951. The number of aromatic nitrogens is 1. The normalized spacial score (nSPS) is 33.5. The molecule has 3 N–H and O–H groups in total. The third-order valence-corrected chi connectivity index (χ3v) is 4.51. The Morgan fingerprint density at radius 1 is 1.09 bits per heavy atom. The Bertz CT molecular complexity index is 569. The summed E-state index contributed by atoms with van der Waals surface area (Å²) in [5.74, 6) is 0.117. The van der Waals surface area contributed by atoms with Crippen molar-refractivity contribution in [2.24, 2.45) is 5.92 Å². The summed E-state index contributed by atoms with van der Waals surface area (Å²) in [6, 6.07) is 1.42. The van der Waals surface area contributed by atoms with E-state index < -0.39 is 0 Å². The SMILES string of the molecule is O=C(NC1COC2C(NC(=O)C3CC3)COC12)c1cc[nH]c1. The zero-order valence-corrected chi connectivity index (χ0v) is 12.1. The van der Waals surface area contributed by atoms with Crippen LogP contribution in [0.1, 0.15) is 23.2 Å². The summed E-state index contributed by atoms with van der Waals surface area (Å²) >= 11 is 0. The maximum absolute atomic E-state index is 12.1. The molecule has 4 rings (SSSR count). The topological polar surface area (TPSA) is 92.5 Å². The van der Waals surface area contributed by atoms with Crippen LogP contribution >= 0.6 is 0 Å². The van der Waals surface area contributed by atoms with Crippen LogP contribution in [0.3, 0.4) is 0 Å². The maximum atomic E-state index is 12.1. The van der Waals surface area contributed by atoms with Gasteiger partial charge in [0.15, 0.2) is 0 Å². The van der Waals surface area contributed by atoms with Gasteiger partial charge in [0, 0.05) is 18.3 Å². The zero-order valence-electron chi connectivity index (χ0n) is 12.1. The van der Waals surface area contributed by atoms with Gasteiger partial charge in [0.25, 0.3) is 5.91 Å². The minimum atomic E-state index is -0.201. The molecular weight excluding hydrogens is 286 g/mol. The zero-order chi connectivity index (χ0) is 15.1. The Morgan fingerprint density at radius 2 is 1.77 bits per heavy atom. The molecule has 0 radical (unpaired) electrons. The summed E-state index contributed by atoms with van der Waals surface area (Å²) < 4.78 is 11.5. The quantitative estimate of drug-likeness (QED) is 0.718. The standard InChI is InChI=1S/C15H19N3O4/c19-14(8-1-2-8)17-10-6-21-13-11(7-22-12(10)13)18-15(20)9-3-4-16-5-9/h3-5,8,10-13,16H,1-2,6-7H2,(H,17,19)(H,18,20). The van der Waals surface area contributed by atoms with Gasteiger partial charge in [-0.2, -0.15) is 0 Å². The van der Waals surface area contributed by atoms with E-state index in [0.717, 1.165) is 12.8 Å². The average molecular weight is 305 g/mol. The van der Waals surface area contributed by atoms with Crippen molar-refractivity contribution in [2.45, 2.75) is 37.1 Å². The molecule has 0 spiro atoms. The molecule has 0 aromatic carbocycles. The second kappa shape index (κ2) is 5.40. The van der Waals surface area contributed by atoms with Gasteiger partial charge in [-0.15, -0.1) is 0 Å². The summed E-state index contributed by atoms with van der Waals surface area (Å²) in [7, 11) is 0. The van der Waals surface area contributed by atoms with Crippen LogP contribution < -0.4 is 10.6 Å². The van der Waals surface area contributed by atoms with E-state index in [2.05, 4.69) is 15.6 Å². The van der Waals surface area contributed by atoms with E-state index in [-0.39, 0.29) is 42.0 Å². The molecule has 4 unspecified atom stereocenters. The molecule has 2 amide bonds. The van der Waals surface area contributed by atoms with Crippen LogP contribution in [0.4, 0.5) is 0 Å². The number of carbonyl (C=O) groups excluding carboxylic acids is 2. The number of aromatic amines is 1. The van der Waals surface area contributed by atoms with Gasteiger partial charge in [-0.1, -0.05) is 0 Å². The van der Waals surface area contributed by atoms with Crippen LogP contribution in [0.15, 0.2) is 18.5 Å². The third kappa shape index (κ3) is 2.50. The van der Waals surface area contributed by atoms with Gasteiger partial charge < -0.3 is 25.1 Å². The predicted molar refractivity (Wildman–Crippen MR) is 76.2 cm³/mol. The van der Waals surface area contributed by atoms with Gasteiger partial charge in [-0.05, 0) is 18.9 Å². The number of fused-ring (bicyclic) bond motifs is 1. The Balaban J connectivity index is 1.35. The molecule has 1 saturated carbocycles. The number of nitrogens with one attached hydrogen (secondary N) is 3. The monoisotopic (exact) mass is 305 g/mol. The predicted octanol–water partition coefficient (Wildman–Crippen LogP) is -0.194. The molecule has 1 aromatic heterocycles. The van der Waals surface area contributed by atoms with Crippen LogP contribution in [0.2, 0.25) is 0 Å². The molecule has 118 valence electrons. The molecule has 4 atom stereocenters. The van der Waals surface area contributed by atoms with E-state index in [1.807, 2.05) is 0 Å². The molecule has 2 saturated heterocycles. The van der Waals surface area contributed by atoms with Crippen molar-refractivity contribution in [1.29, 1.82) is 0 Å². The molecule has 3 aliphatic rings. The highest BCUT2D eigenvalue weighted by molar-refractivity contribution is 5.94. The molecule has 7 nitrogen and oxygen atoms in total. The first-order valence-electron chi connectivity index (χ1n) is 7.69. The number of carbonyl (C=O) groups is 2. The Morgan fingerprint density at radius 3 is 2.36 bits per heavy atom. The second-order valence-electron chi connectivity index (χ2n) is 6.16. The van der Waals surface area contributed by atoms with E-state index in [9.17, 15) is 9.59 Å². The van der Waals surface area contributed by atoms with Crippen molar-refractivity contribution in [3.63, 3.8) is 0 Å². The molecule has 3 fully saturated rings. The van der Waals surface area contributed by atoms with Crippen molar-refractivity contribution in [3.8, 4) is 0 Å². The average Bonchev–Trinajstić information content (AvgIpc) is 2.93. The van der Waals surface area contributed by atoms with Gasteiger partial charge in [0.1, 0.15) is 12.2 Å². The molecule has 22 heavy (non-hydrogen) atoms. The van der Waals surface area contributed by atoms with Crippen molar-refractivity contribution in [3.05, 3.63) is 24.0 Å². The highest BCUT2D eigenvalue weighted by Crippen LogP contribution is 2.31. The number of ether oxygens (including phenoxy) is 2. The summed E-state index contributed by atoms with van der Waals surface area (Å²) in [5, 5.41) is 5.95. The Kier molecular flexibility index (Phi) is 3.38. The molecule has 1 aromatic rings. The fraction of sp³-hybridized carbons (Fsp3) is 0.600. The van der Waals surface area contributed by atoms with Crippen LogP contribution in [0.5, 0.6) is 0 Å². The smallest absolute Gasteiger partial charge is 0.253 e. The van der Waals surface area contributed by atoms with Gasteiger partial charge in [0.05, 0.1) is 30.9 Å². The lowest BCUT2D eigenvalue weighted by molar-refractivity contribution is -0.123. The number of hydrogen-bond acceptors (Lipinski definition) is 4. The van der Waals surface area contributed by atoms with Crippen molar-refractivity contribution in [1.82, 2.24) is 15.6 Å². The molecule has 2 aliphatic heterocycles. The molecule has 0 bridgehead atoms. The molecule has 1 aliphatic carbocycles. The first-order chi connectivity index (χ1) is 10.7. The first kappa shape index (κ1) is 13.8. The largest absolute Gasteiger partial charge is 0.371 e. The van der Waals surface area contributed by atoms with E-state index in [4.69, 9.17) is 9.47 Å². The van der Waals surface area contributed by atoms with Crippen molar-refractivity contribution in [2.75, 3.05) is 13.2 Å². The number of H-pyrrole nitrogens is 1. The van der Waals surface area contributed by atoms with E-state index in [1.54, 1.807) is 18.5 Å². The summed E-state index contributed by atoms with van der Waals surface area (Å²) in [6.45, 7) is 0.839. The highest BCUT2D eigenvalue weighted by Gasteiger charge is 2.49. The molecular formula is C15H19N3O4. The third-order valence-electron chi connectivity index (χ3n) is 4.51. The molecule has 3 heterocycles. The molecule has 7 heteroatoms. The fourth-order valence-corrected chi connectivity index (χ4v) is 3.11. The number of hydrogen-bond donors (Lipinski definition) is 3. The van der Waals surface area contributed by atoms with Crippen LogP contribution in [0, 0.1) is 5.92 Å². The summed E-state index contributed by atoms with van der Waals surface area (Å²) in [4.78, 5) is 26.8.